The van der Waals surface area contributed by atoms with Crippen LogP contribution in [0, 0.1) is 0 Å². The SMILES string of the molecule is C=CC(=O)Oc1ccc(N(c2ccccc2)c2cccc(OC(=O)C(=C)C)c2)cc1. The van der Waals surface area contributed by atoms with Gasteiger partial charge in [-0.25, -0.2) is 9.59 Å². The minimum Gasteiger partial charge on any atom is -0.423 e. The first-order valence-corrected chi connectivity index (χ1v) is 9.25. The average molecular weight is 399 g/mol. The van der Waals surface area contributed by atoms with Crippen LogP contribution in [0.5, 0.6) is 11.5 Å². The molecule has 3 rings (SSSR count). The van der Waals surface area contributed by atoms with E-state index in [9.17, 15) is 9.59 Å². The van der Waals surface area contributed by atoms with Crippen molar-refractivity contribution >= 4 is 29.0 Å². The fourth-order valence-electron chi connectivity index (χ4n) is 2.73. The topological polar surface area (TPSA) is 55.8 Å². The molecular weight excluding hydrogens is 378 g/mol. The number of ether oxygens (including phenoxy) is 2. The summed E-state index contributed by atoms with van der Waals surface area (Å²) in [6.07, 6.45) is 1.11. The van der Waals surface area contributed by atoms with E-state index in [2.05, 4.69) is 13.2 Å². The van der Waals surface area contributed by atoms with Crippen molar-refractivity contribution in [1.29, 1.82) is 0 Å². The largest absolute Gasteiger partial charge is 0.423 e. The highest BCUT2D eigenvalue weighted by Crippen LogP contribution is 2.36. The Labute approximate surface area is 175 Å². The van der Waals surface area contributed by atoms with Crippen molar-refractivity contribution in [3.05, 3.63) is 104 Å². The monoisotopic (exact) mass is 399 g/mol. The van der Waals surface area contributed by atoms with E-state index >= 15 is 0 Å². The van der Waals surface area contributed by atoms with Crippen molar-refractivity contribution in [3.8, 4) is 11.5 Å². The minimum absolute atomic E-state index is 0.324. The Hall–Kier alpha value is -4.12. The summed E-state index contributed by atoms with van der Waals surface area (Å²) in [5, 5.41) is 0. The van der Waals surface area contributed by atoms with Gasteiger partial charge >= 0.3 is 11.9 Å². The number of para-hydroxylation sites is 1. The fraction of sp³-hybridized carbons (Fsp3) is 0.0400. The van der Waals surface area contributed by atoms with Gasteiger partial charge in [-0.15, -0.1) is 0 Å². The third-order valence-electron chi connectivity index (χ3n) is 4.13. The van der Waals surface area contributed by atoms with E-state index in [1.165, 1.54) is 0 Å². The molecule has 0 aromatic heterocycles. The Bertz CT molecular complexity index is 1070. The molecule has 30 heavy (non-hydrogen) atoms. The molecule has 0 bridgehead atoms. The van der Waals surface area contributed by atoms with Crippen molar-refractivity contribution < 1.29 is 19.1 Å². The fourth-order valence-corrected chi connectivity index (χ4v) is 2.73. The average Bonchev–Trinajstić information content (AvgIpc) is 2.76. The number of carbonyl (C=O) groups excluding carboxylic acids is 2. The van der Waals surface area contributed by atoms with Gasteiger partial charge in [0.25, 0.3) is 0 Å². The van der Waals surface area contributed by atoms with E-state index in [-0.39, 0.29) is 0 Å². The molecule has 5 heteroatoms. The van der Waals surface area contributed by atoms with Crippen LogP contribution in [0.4, 0.5) is 17.1 Å². The molecule has 0 unspecified atom stereocenters. The zero-order valence-electron chi connectivity index (χ0n) is 16.6. The number of rotatable bonds is 7. The quantitative estimate of drug-likeness (QED) is 0.288. The Balaban J connectivity index is 1.98. The van der Waals surface area contributed by atoms with Crippen LogP contribution < -0.4 is 14.4 Å². The lowest BCUT2D eigenvalue weighted by Gasteiger charge is -2.25. The normalized spacial score (nSPS) is 10.0. The van der Waals surface area contributed by atoms with Crippen LogP contribution in [0.25, 0.3) is 0 Å². The summed E-state index contributed by atoms with van der Waals surface area (Å²) in [6.45, 7) is 8.61. The number of anilines is 3. The second-order valence-corrected chi connectivity index (χ2v) is 6.46. The highest BCUT2D eigenvalue weighted by Gasteiger charge is 2.14. The molecule has 3 aromatic rings. The summed E-state index contributed by atoms with van der Waals surface area (Å²) >= 11 is 0. The lowest BCUT2D eigenvalue weighted by Crippen LogP contribution is -2.11. The van der Waals surface area contributed by atoms with Crippen LogP contribution in [-0.4, -0.2) is 11.9 Å². The molecule has 0 saturated heterocycles. The van der Waals surface area contributed by atoms with Crippen molar-refractivity contribution in [1.82, 2.24) is 0 Å². The Morgan fingerprint density at radius 2 is 1.43 bits per heavy atom. The molecule has 0 aliphatic carbocycles. The molecule has 5 nitrogen and oxygen atoms in total. The number of nitrogens with zero attached hydrogens (tertiary/aromatic N) is 1. The van der Waals surface area contributed by atoms with E-state index in [1.54, 1.807) is 31.2 Å². The first-order valence-electron chi connectivity index (χ1n) is 9.25. The molecule has 0 aliphatic rings. The van der Waals surface area contributed by atoms with Gasteiger partial charge in [0, 0.05) is 34.8 Å². The van der Waals surface area contributed by atoms with Gasteiger partial charge in [-0.05, 0) is 55.5 Å². The number of hydrogen-bond acceptors (Lipinski definition) is 5. The van der Waals surface area contributed by atoms with Crippen LogP contribution in [0.3, 0.4) is 0 Å². The molecule has 3 aromatic carbocycles. The summed E-state index contributed by atoms with van der Waals surface area (Å²) in [5.74, 6) is -0.166. The lowest BCUT2D eigenvalue weighted by atomic mass is 10.2. The van der Waals surface area contributed by atoms with E-state index in [0.29, 0.717) is 17.1 Å². The number of benzene rings is 3. The molecule has 0 N–H and O–H groups in total. The van der Waals surface area contributed by atoms with Crippen molar-refractivity contribution in [3.63, 3.8) is 0 Å². The summed E-state index contributed by atoms with van der Waals surface area (Å²) in [7, 11) is 0. The predicted molar refractivity (Wildman–Crippen MR) is 117 cm³/mol. The van der Waals surface area contributed by atoms with Gasteiger partial charge in [-0.1, -0.05) is 37.4 Å². The van der Waals surface area contributed by atoms with Crippen LogP contribution >= 0.6 is 0 Å². The molecule has 0 fully saturated rings. The van der Waals surface area contributed by atoms with E-state index in [1.807, 2.05) is 59.5 Å². The van der Waals surface area contributed by atoms with Gasteiger partial charge in [-0.3, -0.25) is 0 Å². The highest BCUT2D eigenvalue weighted by atomic mass is 16.5. The molecule has 0 spiro atoms. The zero-order chi connectivity index (χ0) is 21.5. The van der Waals surface area contributed by atoms with Gasteiger partial charge < -0.3 is 14.4 Å². The Morgan fingerprint density at radius 1 is 0.800 bits per heavy atom. The maximum absolute atomic E-state index is 11.9. The molecule has 150 valence electrons. The number of carbonyl (C=O) groups is 2. The molecular formula is C25H21NO4. The highest BCUT2D eigenvalue weighted by molar-refractivity contribution is 5.89. The first-order chi connectivity index (χ1) is 14.5. The van der Waals surface area contributed by atoms with Crippen molar-refractivity contribution in [2.24, 2.45) is 0 Å². The Morgan fingerprint density at radius 3 is 2.07 bits per heavy atom. The molecule has 0 radical (unpaired) electrons. The van der Waals surface area contributed by atoms with Crippen LogP contribution in [0.2, 0.25) is 0 Å². The van der Waals surface area contributed by atoms with Crippen molar-refractivity contribution in [2.45, 2.75) is 6.92 Å². The van der Waals surface area contributed by atoms with Gasteiger partial charge in [0.1, 0.15) is 11.5 Å². The predicted octanol–water partition coefficient (Wildman–Crippen LogP) is 5.73. The standard InChI is InChI=1S/C25H21NO4/c1-4-24(27)29-22-15-13-20(14-16-22)26(19-9-6-5-7-10-19)21-11-8-12-23(17-21)30-25(28)18(2)3/h4-17H,1-2H2,3H3. The van der Waals surface area contributed by atoms with Crippen LogP contribution in [0.15, 0.2) is 104 Å². The molecule has 0 atom stereocenters. The first kappa shape index (κ1) is 20.6. The van der Waals surface area contributed by atoms with Crippen LogP contribution in [0.1, 0.15) is 6.92 Å². The number of hydrogen-bond donors (Lipinski definition) is 0. The van der Waals surface area contributed by atoms with Gasteiger partial charge in [-0.2, -0.15) is 0 Å². The molecule has 0 amide bonds. The minimum atomic E-state index is -0.519. The molecule has 0 aliphatic heterocycles. The third-order valence-corrected chi connectivity index (χ3v) is 4.13. The zero-order valence-corrected chi connectivity index (χ0v) is 16.6. The second-order valence-electron chi connectivity index (χ2n) is 6.46. The Kier molecular flexibility index (Phi) is 6.45. The summed E-state index contributed by atoms with van der Waals surface area (Å²) in [5.41, 5.74) is 2.87. The van der Waals surface area contributed by atoms with Crippen molar-refractivity contribution in [2.75, 3.05) is 4.90 Å². The van der Waals surface area contributed by atoms with Gasteiger partial charge in [0.15, 0.2) is 0 Å². The maximum atomic E-state index is 11.9. The summed E-state index contributed by atoms with van der Waals surface area (Å²) in [4.78, 5) is 25.3. The second kappa shape index (κ2) is 9.39. The van der Waals surface area contributed by atoms with Gasteiger partial charge in [0.05, 0.1) is 0 Å². The van der Waals surface area contributed by atoms with Gasteiger partial charge in [0.2, 0.25) is 0 Å². The maximum Gasteiger partial charge on any atom is 0.338 e. The van der Waals surface area contributed by atoms with E-state index in [0.717, 1.165) is 23.1 Å². The lowest BCUT2D eigenvalue weighted by molar-refractivity contribution is -0.130. The smallest absolute Gasteiger partial charge is 0.338 e. The van der Waals surface area contributed by atoms with Crippen LogP contribution in [-0.2, 0) is 9.59 Å². The molecule has 0 saturated carbocycles. The molecule has 0 heterocycles. The van der Waals surface area contributed by atoms with E-state index in [4.69, 9.17) is 9.47 Å². The van der Waals surface area contributed by atoms with E-state index < -0.39 is 11.9 Å². The summed E-state index contributed by atoms with van der Waals surface area (Å²) in [6, 6.07) is 24.1. The number of esters is 2. The third kappa shape index (κ3) is 5.02. The summed E-state index contributed by atoms with van der Waals surface area (Å²) < 4.78 is 10.5.